The van der Waals surface area contributed by atoms with Crippen molar-refractivity contribution >= 4 is 47.8 Å². The Morgan fingerprint density at radius 3 is 0.310 bits per heavy atom. The molecule has 0 bridgehead atoms. The Morgan fingerprint density at radius 2 is 0.239 bits per heavy atom. The van der Waals surface area contributed by atoms with Crippen molar-refractivity contribution < 1.29 is 84.3 Å². The van der Waals surface area contributed by atoms with Gasteiger partial charge in [-0.2, -0.15) is 0 Å². The van der Waals surface area contributed by atoms with Crippen LogP contribution in [0.5, 0.6) is 0 Å². The van der Waals surface area contributed by atoms with Crippen molar-refractivity contribution in [2.24, 2.45) is 0 Å². The molecule has 674 valence electrons. The number of carbonyl (C=O) groups is 8. The van der Waals surface area contributed by atoms with Crippen LogP contribution in [0, 0.1) is 0 Å². The molecule has 0 atom stereocenters. The van der Waals surface area contributed by atoms with Crippen molar-refractivity contribution in [2.75, 3.05) is 0 Å². The first-order chi connectivity index (χ1) is 54.6. The van der Waals surface area contributed by atoms with E-state index < -0.39 is 66.2 Å². The summed E-state index contributed by atoms with van der Waals surface area (Å²) in [5, 5.41) is 76.4. The van der Waals surface area contributed by atoms with E-state index >= 15 is 0 Å². The second kappa shape index (κ2) is 106. The first-order valence-electron chi connectivity index (χ1n) is 48.1. The van der Waals surface area contributed by atoms with E-state index in [0.29, 0.717) is 32.1 Å². The van der Waals surface area contributed by atoms with Crippen molar-refractivity contribution in [3.8, 4) is 0 Å². The minimum absolute atomic E-state index is 0.345. The van der Waals surface area contributed by atoms with E-state index in [9.17, 15) is 38.4 Å². The van der Waals surface area contributed by atoms with Crippen LogP contribution in [0.1, 0.15) is 561 Å². The predicted molar refractivity (Wildman–Crippen MR) is 473 cm³/mol. The fourth-order valence-electron chi connectivity index (χ4n) is 14.0. The minimum atomic E-state index is -2.74. The van der Waals surface area contributed by atoms with Crippen LogP contribution in [-0.2, 0) is 38.4 Å². The highest BCUT2D eigenvalue weighted by Gasteiger charge is 2.40. The fraction of sp³-hybridized carbons (Fsp3) is 0.917. The normalized spacial score (nSPS) is 10.8. The Labute approximate surface area is 695 Å². The van der Waals surface area contributed by atoms with E-state index in [4.69, 9.17) is 46.0 Å². The van der Waals surface area contributed by atoms with Crippen molar-refractivity contribution in [3.63, 3.8) is 0 Å². The van der Waals surface area contributed by atoms with Crippen molar-refractivity contribution in [3.05, 3.63) is 0 Å². The first-order valence-corrected chi connectivity index (χ1v) is 48.1. The van der Waals surface area contributed by atoms with Crippen LogP contribution >= 0.6 is 0 Å². The van der Waals surface area contributed by atoms with Gasteiger partial charge in [0.05, 0.1) is 12.8 Å². The van der Waals surface area contributed by atoms with E-state index in [1.807, 2.05) is 0 Å². The number of hydrogen-bond donors (Lipinski definition) is 9. The van der Waals surface area contributed by atoms with Gasteiger partial charge in [0.1, 0.15) is 0 Å². The summed E-state index contributed by atoms with van der Waals surface area (Å²) in [4.78, 5) is 82.2. The molecule has 0 radical (unpaired) electrons. The van der Waals surface area contributed by atoms with Crippen LogP contribution in [0.15, 0.2) is 0 Å². The summed E-state index contributed by atoms with van der Waals surface area (Å²) in [5.74, 6) is -8.28. The highest BCUT2D eigenvalue weighted by Crippen LogP contribution is 2.21. The van der Waals surface area contributed by atoms with Crippen LogP contribution in [0.3, 0.4) is 0 Å². The zero-order valence-corrected chi connectivity index (χ0v) is 74.8. The lowest BCUT2D eigenvalue weighted by Crippen LogP contribution is -2.42. The van der Waals surface area contributed by atoms with Gasteiger partial charge in [-0.15, -0.1) is 0 Å². The van der Waals surface area contributed by atoms with Crippen molar-refractivity contribution in [1.29, 1.82) is 0 Å². The molecule has 0 aliphatic heterocycles. The van der Waals surface area contributed by atoms with Crippen LogP contribution in [-0.4, -0.2) is 99.3 Å². The molecular weight excluding hydrogens is 1430 g/mol. The number of unbranched alkanes of at least 4 members (excludes halogenated alkanes) is 70. The quantitative estimate of drug-likeness (QED) is 0.0256. The highest BCUT2D eigenvalue weighted by molar-refractivity contribution is 5.88. The Balaban J connectivity index is -0.000000305. The van der Waals surface area contributed by atoms with Crippen LogP contribution in [0.25, 0.3) is 0 Å². The van der Waals surface area contributed by atoms with Crippen LogP contribution in [0.2, 0.25) is 0 Å². The smallest absolute Gasteiger partial charge is 0.336 e. The molecule has 0 fully saturated rings. The Kier molecular flexibility index (Phi) is 112. The molecule has 0 aliphatic rings. The van der Waals surface area contributed by atoms with Gasteiger partial charge in [-0.25, -0.2) is 4.79 Å². The largest absolute Gasteiger partial charge is 0.481 e. The molecule has 17 heteroatoms. The minimum Gasteiger partial charge on any atom is -0.481 e. The molecule has 0 heterocycles. The predicted octanol–water partition coefficient (Wildman–Crippen LogP) is 30.4. The lowest BCUT2D eigenvalue weighted by Gasteiger charge is -2.18. The number of aliphatic hydroxyl groups is 1. The maximum atomic E-state index is 10.3. The first kappa shape index (κ1) is 120. The van der Waals surface area contributed by atoms with Crippen LogP contribution < -0.4 is 0 Å². The van der Waals surface area contributed by atoms with Gasteiger partial charge in [0.2, 0.25) is 0 Å². The van der Waals surface area contributed by atoms with Gasteiger partial charge in [0.25, 0.3) is 0 Å². The van der Waals surface area contributed by atoms with Gasteiger partial charge in [0, 0.05) is 32.1 Å². The molecule has 113 heavy (non-hydrogen) atoms. The zero-order valence-electron chi connectivity index (χ0n) is 74.8. The summed E-state index contributed by atoms with van der Waals surface area (Å²) >= 11 is 0. The highest BCUT2D eigenvalue weighted by atomic mass is 16.4. The Bertz CT molecular complexity index is 1690. The Morgan fingerprint density at radius 1 is 0.150 bits per heavy atom. The molecule has 0 aromatic rings. The number of aliphatic carboxylic acids is 8. The maximum absolute atomic E-state index is 10.3. The molecule has 0 spiro atoms. The van der Waals surface area contributed by atoms with Gasteiger partial charge in [-0.3, -0.25) is 33.6 Å². The van der Waals surface area contributed by atoms with Crippen molar-refractivity contribution in [1.82, 2.24) is 0 Å². The van der Waals surface area contributed by atoms with E-state index in [0.717, 1.165) is 64.2 Å². The SMILES string of the molecule is CCCCCCCCCCCCCCCCCC(=O)O.CCCCCCCCCCCCCCCCCC(=O)O.CCCCCCCCCCCCCCCCCC(=O)O.CCCCCCCCCCCCCCCCCC(=O)O.CCCCCCCCCCCCCCCCCC(=O)O.O=C(O)CC(O)(CC(=O)O)C(=O)O. The Hall–Kier alpha value is -4.28. The third kappa shape index (κ3) is 129. The third-order valence-electron chi connectivity index (χ3n) is 21.3. The monoisotopic (exact) mass is 1610 g/mol. The molecule has 0 aliphatic carbocycles. The van der Waals surface area contributed by atoms with E-state index in [1.54, 1.807) is 0 Å². The molecule has 0 saturated carbocycles. The topological polar surface area (TPSA) is 319 Å². The van der Waals surface area contributed by atoms with Gasteiger partial charge in [-0.05, 0) is 32.1 Å². The molecule has 0 amide bonds. The second-order valence-corrected chi connectivity index (χ2v) is 32.9. The molecule has 0 rings (SSSR count). The summed E-state index contributed by atoms with van der Waals surface area (Å²) in [5.41, 5.74) is -2.74. The molecular formula is C96H188O17. The van der Waals surface area contributed by atoms with Gasteiger partial charge in [-0.1, -0.05) is 484 Å². The lowest BCUT2D eigenvalue weighted by atomic mass is 9.96. The van der Waals surface area contributed by atoms with E-state index in [-0.39, 0.29) is 0 Å². The van der Waals surface area contributed by atoms with E-state index in [1.165, 1.54) is 417 Å². The molecule has 0 aromatic carbocycles. The summed E-state index contributed by atoms with van der Waals surface area (Å²) in [7, 11) is 0. The number of carboxylic acids is 8. The zero-order chi connectivity index (χ0) is 85.1. The summed E-state index contributed by atoms with van der Waals surface area (Å²) in [6.45, 7) is 11.4. The average Bonchev–Trinajstić information content (AvgIpc) is 0.859. The number of carboxylic acid groups (broad SMARTS) is 8. The summed E-state index contributed by atoms with van der Waals surface area (Å²) in [6.07, 6.45) is 98.7. The van der Waals surface area contributed by atoms with E-state index in [2.05, 4.69) is 34.6 Å². The van der Waals surface area contributed by atoms with Gasteiger partial charge < -0.3 is 46.0 Å². The molecule has 0 saturated heterocycles. The standard InChI is InChI=1S/5C18H36O2.C6H8O7/c5*1-2-3-4-5-6-7-8-9-10-11-12-13-14-15-16-17-18(19)20;7-3(8)1-6(13,5(11)12)2-4(9)10/h5*2-17H2,1H3,(H,19,20);13H,1-2H2,(H,7,8)(H,9,10)(H,11,12). The average molecular weight is 1610 g/mol. The summed E-state index contributed by atoms with van der Waals surface area (Å²) in [6, 6.07) is 0. The lowest BCUT2D eigenvalue weighted by molar-refractivity contribution is -0.170. The van der Waals surface area contributed by atoms with Crippen molar-refractivity contribution in [2.45, 2.75) is 567 Å². The van der Waals surface area contributed by atoms with Gasteiger partial charge >= 0.3 is 47.8 Å². The number of rotatable bonds is 85. The summed E-state index contributed by atoms with van der Waals surface area (Å²) < 4.78 is 0. The van der Waals surface area contributed by atoms with Crippen LogP contribution in [0.4, 0.5) is 0 Å². The fourth-order valence-corrected chi connectivity index (χ4v) is 14.0. The molecule has 0 aromatic heterocycles. The number of hydrogen-bond acceptors (Lipinski definition) is 9. The van der Waals surface area contributed by atoms with Gasteiger partial charge in [0.15, 0.2) is 5.60 Å². The second-order valence-electron chi connectivity index (χ2n) is 32.9. The maximum Gasteiger partial charge on any atom is 0.336 e. The third-order valence-corrected chi connectivity index (χ3v) is 21.3. The molecule has 0 unspecified atom stereocenters. The molecule has 9 N–H and O–H groups in total. The molecule has 17 nitrogen and oxygen atoms in total.